The maximum atomic E-state index is 13.3. The lowest BCUT2D eigenvalue weighted by molar-refractivity contribution is -0.118. The van der Waals surface area contributed by atoms with Crippen LogP contribution in [0.4, 0.5) is 4.39 Å². The molecule has 0 aliphatic heterocycles. The molecular weight excluding hydrogens is 289 g/mol. The molecule has 4 nitrogen and oxygen atoms in total. The number of benzene rings is 1. The van der Waals surface area contributed by atoms with Crippen molar-refractivity contribution in [3.8, 4) is 11.4 Å². The highest BCUT2D eigenvalue weighted by Gasteiger charge is 2.09. The van der Waals surface area contributed by atoms with Gasteiger partial charge < -0.3 is 10.3 Å². The predicted molar refractivity (Wildman–Crippen MR) is 64.5 cm³/mol. The number of amides is 1. The Morgan fingerprint density at radius 2 is 2.24 bits per heavy atom. The summed E-state index contributed by atoms with van der Waals surface area (Å²) in [6.07, 6.45) is 3.16. The van der Waals surface area contributed by atoms with Crippen molar-refractivity contribution in [1.82, 2.24) is 9.55 Å². The molecule has 0 radical (unpaired) electrons. The molecule has 1 heterocycles. The fourth-order valence-electron chi connectivity index (χ4n) is 1.55. The van der Waals surface area contributed by atoms with Crippen LogP contribution in [0.25, 0.3) is 11.4 Å². The fourth-order valence-corrected chi connectivity index (χ4v) is 2.01. The van der Waals surface area contributed by atoms with Crippen molar-refractivity contribution in [2.24, 2.45) is 5.73 Å². The largest absolute Gasteiger partial charge is 0.368 e. The van der Waals surface area contributed by atoms with Crippen LogP contribution in [0.5, 0.6) is 0 Å². The van der Waals surface area contributed by atoms with E-state index in [4.69, 9.17) is 5.73 Å². The number of halogens is 2. The van der Waals surface area contributed by atoms with Crippen molar-refractivity contribution < 1.29 is 9.18 Å². The Morgan fingerprint density at radius 1 is 1.47 bits per heavy atom. The van der Waals surface area contributed by atoms with E-state index in [1.54, 1.807) is 16.8 Å². The first-order valence-electron chi connectivity index (χ1n) is 4.82. The monoisotopic (exact) mass is 297 g/mol. The molecule has 0 fully saturated rings. The zero-order valence-electron chi connectivity index (χ0n) is 8.73. The number of imidazole rings is 1. The number of nitrogens with zero attached hydrogens (tertiary/aromatic N) is 2. The van der Waals surface area contributed by atoms with Gasteiger partial charge in [-0.25, -0.2) is 9.37 Å². The van der Waals surface area contributed by atoms with Crippen molar-refractivity contribution in [2.75, 3.05) is 0 Å². The standard InChI is InChI=1S/C11H9BrFN3O/c12-8-3-7(4-9(13)5-8)11-15-1-2-16(11)6-10(14)17/h1-5H,6H2,(H2,14,17). The van der Waals surface area contributed by atoms with Gasteiger partial charge in [-0.05, 0) is 18.2 Å². The third-order valence-corrected chi connectivity index (χ3v) is 2.62. The third kappa shape index (κ3) is 2.71. The number of hydrogen-bond donors (Lipinski definition) is 1. The van der Waals surface area contributed by atoms with Crippen LogP contribution in [0.15, 0.2) is 35.1 Å². The van der Waals surface area contributed by atoms with Crippen LogP contribution < -0.4 is 5.73 Å². The van der Waals surface area contributed by atoms with E-state index in [-0.39, 0.29) is 12.4 Å². The highest BCUT2D eigenvalue weighted by atomic mass is 79.9. The first-order valence-corrected chi connectivity index (χ1v) is 5.61. The number of rotatable bonds is 3. The maximum Gasteiger partial charge on any atom is 0.237 e. The second-order valence-corrected chi connectivity index (χ2v) is 4.42. The molecular formula is C11H9BrFN3O. The van der Waals surface area contributed by atoms with Crippen LogP contribution >= 0.6 is 15.9 Å². The topological polar surface area (TPSA) is 60.9 Å². The Labute approximate surface area is 105 Å². The number of carbonyl (C=O) groups excluding carboxylic acids is 1. The van der Waals surface area contributed by atoms with Crippen LogP contribution in [0.3, 0.4) is 0 Å². The number of hydrogen-bond acceptors (Lipinski definition) is 2. The molecule has 1 aromatic heterocycles. The van der Waals surface area contributed by atoms with Crippen molar-refractivity contribution >= 4 is 21.8 Å². The minimum atomic E-state index is -0.472. The van der Waals surface area contributed by atoms with E-state index >= 15 is 0 Å². The van der Waals surface area contributed by atoms with E-state index in [2.05, 4.69) is 20.9 Å². The number of carbonyl (C=O) groups is 1. The van der Waals surface area contributed by atoms with Gasteiger partial charge in [0.25, 0.3) is 0 Å². The van der Waals surface area contributed by atoms with Crippen LogP contribution in [0.2, 0.25) is 0 Å². The van der Waals surface area contributed by atoms with Gasteiger partial charge in [0, 0.05) is 22.4 Å². The summed E-state index contributed by atoms with van der Waals surface area (Å²) in [6, 6.07) is 4.43. The van der Waals surface area contributed by atoms with Gasteiger partial charge in [-0.3, -0.25) is 4.79 Å². The normalized spacial score (nSPS) is 10.5. The molecule has 2 aromatic rings. The minimum absolute atomic E-state index is 0.0173. The molecule has 0 saturated heterocycles. The van der Waals surface area contributed by atoms with Gasteiger partial charge in [0.2, 0.25) is 5.91 Å². The average Bonchev–Trinajstić information content (AvgIpc) is 2.63. The number of nitrogens with two attached hydrogens (primary N) is 1. The summed E-state index contributed by atoms with van der Waals surface area (Å²) < 4.78 is 15.4. The van der Waals surface area contributed by atoms with Gasteiger partial charge in [-0.1, -0.05) is 15.9 Å². The third-order valence-electron chi connectivity index (χ3n) is 2.16. The van der Waals surface area contributed by atoms with Crippen molar-refractivity contribution in [2.45, 2.75) is 6.54 Å². The van der Waals surface area contributed by atoms with Crippen LogP contribution in [-0.2, 0) is 11.3 Å². The van der Waals surface area contributed by atoms with E-state index in [1.165, 1.54) is 18.3 Å². The Hall–Kier alpha value is -1.69. The summed E-state index contributed by atoms with van der Waals surface area (Å²) in [7, 11) is 0. The van der Waals surface area contributed by atoms with Crippen molar-refractivity contribution in [1.29, 1.82) is 0 Å². The summed E-state index contributed by atoms with van der Waals surface area (Å²) in [5.41, 5.74) is 5.71. The SMILES string of the molecule is NC(=O)Cn1ccnc1-c1cc(F)cc(Br)c1. The van der Waals surface area contributed by atoms with Gasteiger partial charge in [0.15, 0.2) is 0 Å². The number of primary amides is 1. The van der Waals surface area contributed by atoms with Gasteiger partial charge in [0.1, 0.15) is 18.2 Å². The summed E-state index contributed by atoms with van der Waals surface area (Å²) in [5, 5.41) is 0. The molecule has 2 rings (SSSR count). The molecule has 88 valence electrons. The lowest BCUT2D eigenvalue weighted by Gasteiger charge is -2.06. The lowest BCUT2D eigenvalue weighted by Crippen LogP contribution is -2.18. The maximum absolute atomic E-state index is 13.3. The zero-order chi connectivity index (χ0) is 12.4. The molecule has 0 unspecified atom stereocenters. The van der Waals surface area contributed by atoms with E-state index < -0.39 is 5.91 Å². The molecule has 0 atom stereocenters. The minimum Gasteiger partial charge on any atom is -0.368 e. The summed E-state index contributed by atoms with van der Waals surface area (Å²) in [5.74, 6) is -0.341. The molecule has 0 saturated carbocycles. The Balaban J connectivity index is 2.45. The van der Waals surface area contributed by atoms with E-state index in [9.17, 15) is 9.18 Å². The molecule has 0 spiro atoms. The quantitative estimate of drug-likeness (QED) is 0.941. The Morgan fingerprint density at radius 3 is 2.88 bits per heavy atom. The lowest BCUT2D eigenvalue weighted by atomic mass is 10.2. The molecule has 1 amide bonds. The van der Waals surface area contributed by atoms with E-state index in [1.807, 2.05) is 0 Å². The molecule has 0 aliphatic rings. The van der Waals surface area contributed by atoms with E-state index in [0.29, 0.717) is 15.9 Å². The summed E-state index contributed by atoms with van der Waals surface area (Å²) in [4.78, 5) is 15.0. The van der Waals surface area contributed by atoms with Gasteiger partial charge in [-0.2, -0.15) is 0 Å². The first-order chi connectivity index (χ1) is 8.06. The Kier molecular flexibility index (Phi) is 3.23. The Bertz CT molecular complexity index is 547. The molecule has 0 bridgehead atoms. The first kappa shape index (κ1) is 11.8. The predicted octanol–water partition coefficient (Wildman–Crippen LogP) is 1.94. The molecule has 0 aliphatic carbocycles. The van der Waals surface area contributed by atoms with Crippen LogP contribution in [0, 0.1) is 5.82 Å². The second kappa shape index (κ2) is 4.67. The number of aromatic nitrogens is 2. The smallest absolute Gasteiger partial charge is 0.237 e. The van der Waals surface area contributed by atoms with Gasteiger partial charge in [-0.15, -0.1) is 0 Å². The van der Waals surface area contributed by atoms with Crippen molar-refractivity contribution in [3.63, 3.8) is 0 Å². The molecule has 1 aromatic carbocycles. The molecule has 6 heteroatoms. The average molecular weight is 298 g/mol. The molecule has 17 heavy (non-hydrogen) atoms. The van der Waals surface area contributed by atoms with Gasteiger partial charge in [0.05, 0.1) is 0 Å². The summed E-state index contributed by atoms with van der Waals surface area (Å²) in [6.45, 7) is 0.0173. The van der Waals surface area contributed by atoms with Gasteiger partial charge >= 0.3 is 0 Å². The van der Waals surface area contributed by atoms with E-state index in [0.717, 1.165) is 0 Å². The second-order valence-electron chi connectivity index (χ2n) is 3.50. The van der Waals surface area contributed by atoms with Crippen LogP contribution in [-0.4, -0.2) is 15.5 Å². The van der Waals surface area contributed by atoms with Crippen molar-refractivity contribution in [3.05, 3.63) is 40.9 Å². The fraction of sp³-hybridized carbons (Fsp3) is 0.0909. The summed E-state index contributed by atoms with van der Waals surface area (Å²) >= 11 is 3.21. The van der Waals surface area contributed by atoms with Crippen LogP contribution in [0.1, 0.15) is 0 Å². The highest BCUT2D eigenvalue weighted by molar-refractivity contribution is 9.10. The molecule has 2 N–H and O–H groups in total. The zero-order valence-corrected chi connectivity index (χ0v) is 10.3. The highest BCUT2D eigenvalue weighted by Crippen LogP contribution is 2.23.